The van der Waals surface area contributed by atoms with Crippen molar-refractivity contribution in [1.29, 1.82) is 0 Å². The maximum Gasteiger partial charge on any atom is 0.251 e. The molecule has 1 saturated carbocycles. The fraction of sp³-hybridized carbons (Fsp3) is 0.316. The zero-order valence-electron chi connectivity index (χ0n) is 13.6. The van der Waals surface area contributed by atoms with Crippen LogP contribution >= 0.6 is 23.2 Å². The fourth-order valence-electron chi connectivity index (χ4n) is 3.16. The molecule has 0 aromatic heterocycles. The highest BCUT2D eigenvalue weighted by molar-refractivity contribution is 6.31. The van der Waals surface area contributed by atoms with Crippen molar-refractivity contribution in [3.05, 3.63) is 69.5 Å². The van der Waals surface area contributed by atoms with Gasteiger partial charge in [0.25, 0.3) is 5.91 Å². The zero-order chi connectivity index (χ0) is 17.8. The molecule has 0 radical (unpaired) electrons. The van der Waals surface area contributed by atoms with Gasteiger partial charge in [-0.15, -0.1) is 0 Å². The molecule has 0 spiro atoms. The molecule has 0 saturated heterocycles. The summed E-state index contributed by atoms with van der Waals surface area (Å²) in [4.78, 5) is 12.3. The monoisotopic (exact) mass is 380 g/mol. The van der Waals surface area contributed by atoms with E-state index in [0.717, 1.165) is 36.4 Å². The van der Waals surface area contributed by atoms with Gasteiger partial charge in [0.2, 0.25) is 0 Å². The van der Waals surface area contributed by atoms with E-state index >= 15 is 0 Å². The van der Waals surface area contributed by atoms with Gasteiger partial charge in [0.15, 0.2) is 0 Å². The van der Waals surface area contributed by atoms with Gasteiger partial charge in [0, 0.05) is 34.2 Å². The lowest BCUT2D eigenvalue weighted by atomic mass is 10.1. The molecule has 25 heavy (non-hydrogen) atoms. The van der Waals surface area contributed by atoms with Crippen LogP contribution in [0.5, 0.6) is 0 Å². The minimum atomic E-state index is -0.509. The number of benzene rings is 2. The van der Waals surface area contributed by atoms with Crippen molar-refractivity contribution in [2.45, 2.75) is 37.9 Å². The van der Waals surface area contributed by atoms with Crippen LogP contribution in [0, 0.1) is 5.82 Å². The minimum absolute atomic E-state index is 0.0754. The Bertz CT molecular complexity index is 749. The first-order chi connectivity index (χ1) is 12.0. The van der Waals surface area contributed by atoms with Crippen LogP contribution < -0.4 is 10.6 Å². The van der Waals surface area contributed by atoms with Crippen LogP contribution in [0.25, 0.3) is 0 Å². The molecule has 1 amide bonds. The number of nitrogens with one attached hydrogen (secondary N) is 2. The first-order valence-electron chi connectivity index (χ1n) is 8.24. The molecule has 2 aromatic rings. The summed E-state index contributed by atoms with van der Waals surface area (Å²) >= 11 is 11.8. The predicted octanol–water partition coefficient (Wildman–Crippen LogP) is 4.57. The molecule has 0 unspecified atom stereocenters. The highest BCUT2D eigenvalue weighted by atomic mass is 35.5. The summed E-state index contributed by atoms with van der Waals surface area (Å²) in [5.74, 6) is -0.799. The highest BCUT2D eigenvalue weighted by Crippen LogP contribution is 2.21. The maximum atomic E-state index is 13.4. The second-order valence-corrected chi connectivity index (χ2v) is 7.22. The Morgan fingerprint density at radius 1 is 1.08 bits per heavy atom. The predicted molar refractivity (Wildman–Crippen MR) is 98.6 cm³/mol. The molecule has 132 valence electrons. The highest BCUT2D eigenvalue weighted by Gasteiger charge is 2.26. The summed E-state index contributed by atoms with van der Waals surface area (Å²) in [6, 6.07) is 12.0. The van der Waals surface area contributed by atoms with Crippen LogP contribution in [0.2, 0.25) is 10.0 Å². The summed E-state index contributed by atoms with van der Waals surface area (Å²) in [7, 11) is 0. The molecule has 2 aromatic carbocycles. The van der Waals surface area contributed by atoms with E-state index in [2.05, 4.69) is 10.6 Å². The van der Waals surface area contributed by atoms with Crippen molar-refractivity contribution in [3.8, 4) is 0 Å². The number of amides is 1. The second kappa shape index (κ2) is 8.17. The lowest BCUT2D eigenvalue weighted by molar-refractivity contribution is 0.0937. The van der Waals surface area contributed by atoms with E-state index in [0.29, 0.717) is 6.04 Å². The Labute approximate surface area is 156 Å². The molecular formula is C19H19Cl2FN2O. The van der Waals surface area contributed by atoms with E-state index in [1.54, 1.807) is 0 Å². The molecule has 0 aliphatic heterocycles. The summed E-state index contributed by atoms with van der Waals surface area (Å²) in [5, 5.41) is 7.40. The molecule has 2 N–H and O–H groups in total. The van der Waals surface area contributed by atoms with Crippen molar-refractivity contribution in [3.63, 3.8) is 0 Å². The fourth-order valence-corrected chi connectivity index (χ4v) is 3.60. The van der Waals surface area contributed by atoms with E-state index in [4.69, 9.17) is 23.2 Å². The third-order valence-electron chi connectivity index (χ3n) is 4.38. The molecule has 2 atom stereocenters. The average Bonchev–Trinajstić information content (AvgIpc) is 2.99. The van der Waals surface area contributed by atoms with Gasteiger partial charge < -0.3 is 10.6 Å². The molecular weight excluding hydrogens is 362 g/mol. The van der Waals surface area contributed by atoms with Crippen molar-refractivity contribution in [1.82, 2.24) is 10.6 Å². The summed E-state index contributed by atoms with van der Waals surface area (Å²) in [6.45, 7) is 0.741. The number of halogens is 3. The molecule has 0 heterocycles. The molecule has 0 bridgehead atoms. The van der Waals surface area contributed by atoms with E-state index < -0.39 is 5.82 Å². The van der Waals surface area contributed by atoms with E-state index in [1.807, 2.05) is 24.3 Å². The number of carbonyl (C=O) groups is 1. The van der Waals surface area contributed by atoms with E-state index in [9.17, 15) is 9.18 Å². The van der Waals surface area contributed by atoms with Crippen molar-refractivity contribution in [2.75, 3.05) is 0 Å². The van der Waals surface area contributed by atoms with Gasteiger partial charge in [-0.3, -0.25) is 4.79 Å². The van der Waals surface area contributed by atoms with E-state index in [-0.39, 0.29) is 22.5 Å². The van der Waals surface area contributed by atoms with Crippen molar-refractivity contribution >= 4 is 29.1 Å². The van der Waals surface area contributed by atoms with Gasteiger partial charge in [-0.25, -0.2) is 4.39 Å². The number of hydrogen-bond donors (Lipinski definition) is 2. The van der Waals surface area contributed by atoms with Crippen LogP contribution in [0.3, 0.4) is 0 Å². The molecule has 1 fully saturated rings. The number of hydrogen-bond acceptors (Lipinski definition) is 2. The lowest BCUT2D eigenvalue weighted by Gasteiger charge is -2.15. The Hall–Kier alpha value is -1.62. The Morgan fingerprint density at radius 2 is 1.88 bits per heavy atom. The lowest BCUT2D eigenvalue weighted by Crippen LogP contribution is -2.35. The topological polar surface area (TPSA) is 41.1 Å². The number of carbonyl (C=O) groups excluding carboxylic acids is 1. The van der Waals surface area contributed by atoms with Crippen LogP contribution in [0.4, 0.5) is 4.39 Å². The average molecular weight is 381 g/mol. The third kappa shape index (κ3) is 5.18. The standard InChI is InChI=1S/C19H19Cl2FN2O/c20-14-3-1-2-12(6-14)11-23-17-4-5-18(10-17)24-19(25)13-7-15(21)9-16(22)8-13/h1-3,6-9,17-18,23H,4-5,10-11H2,(H,24,25)/t17-,18-/m1/s1. The normalized spacial score (nSPS) is 19.8. The van der Waals surface area contributed by atoms with Gasteiger partial charge in [-0.2, -0.15) is 0 Å². The Kier molecular flexibility index (Phi) is 5.94. The van der Waals surface area contributed by atoms with Crippen molar-refractivity contribution in [2.24, 2.45) is 0 Å². The molecule has 3 rings (SSSR count). The van der Waals surface area contributed by atoms with Gasteiger partial charge >= 0.3 is 0 Å². The third-order valence-corrected chi connectivity index (χ3v) is 4.83. The smallest absolute Gasteiger partial charge is 0.251 e. The quantitative estimate of drug-likeness (QED) is 0.797. The van der Waals surface area contributed by atoms with Crippen LogP contribution in [-0.2, 0) is 6.54 Å². The van der Waals surface area contributed by atoms with Gasteiger partial charge in [-0.05, 0) is 55.2 Å². The van der Waals surface area contributed by atoms with Gasteiger partial charge in [-0.1, -0.05) is 35.3 Å². The van der Waals surface area contributed by atoms with Crippen LogP contribution in [0.15, 0.2) is 42.5 Å². The van der Waals surface area contributed by atoms with Gasteiger partial charge in [0.05, 0.1) is 0 Å². The summed E-state index contributed by atoms with van der Waals surface area (Å²) in [5.41, 5.74) is 1.38. The largest absolute Gasteiger partial charge is 0.349 e. The maximum absolute atomic E-state index is 13.4. The van der Waals surface area contributed by atoms with E-state index in [1.165, 1.54) is 18.2 Å². The molecule has 3 nitrogen and oxygen atoms in total. The second-order valence-electron chi connectivity index (χ2n) is 6.35. The van der Waals surface area contributed by atoms with Gasteiger partial charge in [0.1, 0.15) is 5.82 Å². The zero-order valence-corrected chi connectivity index (χ0v) is 15.1. The summed E-state index contributed by atoms with van der Waals surface area (Å²) in [6.07, 6.45) is 2.72. The first kappa shape index (κ1) is 18.2. The Morgan fingerprint density at radius 3 is 2.64 bits per heavy atom. The number of rotatable bonds is 5. The molecule has 6 heteroatoms. The first-order valence-corrected chi connectivity index (χ1v) is 9.00. The molecule has 1 aliphatic rings. The van der Waals surface area contributed by atoms with Crippen LogP contribution in [-0.4, -0.2) is 18.0 Å². The SMILES string of the molecule is O=C(N[C@@H]1CC[C@@H](NCc2cccc(Cl)c2)C1)c1cc(F)cc(Cl)c1. The van der Waals surface area contributed by atoms with Crippen molar-refractivity contribution < 1.29 is 9.18 Å². The Balaban J connectivity index is 1.50. The summed E-state index contributed by atoms with van der Waals surface area (Å²) < 4.78 is 13.4. The van der Waals surface area contributed by atoms with Crippen LogP contribution in [0.1, 0.15) is 35.2 Å². The molecule has 1 aliphatic carbocycles. The minimum Gasteiger partial charge on any atom is -0.349 e.